The van der Waals surface area contributed by atoms with Gasteiger partial charge in [-0.2, -0.15) is 26.3 Å². The molecule has 0 saturated carbocycles. The van der Waals surface area contributed by atoms with Crippen LogP contribution in [0.15, 0.2) is 40.9 Å². The van der Waals surface area contributed by atoms with Gasteiger partial charge in [0, 0.05) is 12.1 Å². The summed E-state index contributed by atoms with van der Waals surface area (Å²) in [7, 11) is 0. The first-order valence-electron chi connectivity index (χ1n) is 7.38. The first-order chi connectivity index (χ1) is 13.3. The van der Waals surface area contributed by atoms with Gasteiger partial charge in [-0.1, -0.05) is 46.4 Å². The third-order valence-corrected chi connectivity index (χ3v) is 4.15. The number of halogens is 10. The number of benzene rings is 2. The van der Waals surface area contributed by atoms with Gasteiger partial charge in [0.1, 0.15) is 22.6 Å². The average Bonchev–Trinajstić information content (AvgIpc) is 2.56. The molecular formula is C17H8Cl4F6O2. The Morgan fingerprint density at radius 1 is 0.897 bits per heavy atom. The van der Waals surface area contributed by atoms with Gasteiger partial charge in [0.25, 0.3) is 0 Å². The molecule has 0 heterocycles. The minimum absolute atomic E-state index is 0.0493. The number of ether oxygens (including phenoxy) is 2. The van der Waals surface area contributed by atoms with Gasteiger partial charge in [0.05, 0.1) is 21.2 Å². The average molecular weight is 500 g/mol. The molecule has 0 saturated heterocycles. The summed E-state index contributed by atoms with van der Waals surface area (Å²) in [4.78, 5) is 0. The molecule has 0 aliphatic heterocycles. The second-order valence-corrected chi connectivity index (χ2v) is 7.15. The van der Waals surface area contributed by atoms with Gasteiger partial charge >= 0.3 is 12.4 Å². The fourth-order valence-electron chi connectivity index (χ4n) is 2.05. The van der Waals surface area contributed by atoms with E-state index in [0.717, 1.165) is 0 Å². The number of alkyl halides is 6. The molecule has 0 aromatic heterocycles. The minimum atomic E-state index is -5.12. The second-order valence-electron chi connectivity index (χ2n) is 5.33. The lowest BCUT2D eigenvalue weighted by Crippen LogP contribution is -2.12. The van der Waals surface area contributed by atoms with Crippen molar-refractivity contribution in [3.8, 4) is 17.2 Å². The molecule has 0 fully saturated rings. The highest BCUT2D eigenvalue weighted by atomic mass is 35.5. The van der Waals surface area contributed by atoms with Crippen LogP contribution in [-0.2, 0) is 12.4 Å². The van der Waals surface area contributed by atoms with E-state index >= 15 is 0 Å². The summed E-state index contributed by atoms with van der Waals surface area (Å²) in [6.07, 6.45) is -8.77. The molecule has 0 amide bonds. The Morgan fingerprint density at radius 2 is 1.48 bits per heavy atom. The van der Waals surface area contributed by atoms with E-state index < -0.39 is 35.0 Å². The van der Waals surface area contributed by atoms with E-state index in [1.165, 1.54) is 18.2 Å². The van der Waals surface area contributed by atoms with Gasteiger partial charge in [-0.3, -0.25) is 0 Å². The highest BCUT2D eigenvalue weighted by Crippen LogP contribution is 2.45. The topological polar surface area (TPSA) is 18.5 Å². The third-order valence-electron chi connectivity index (χ3n) is 3.28. The SMILES string of the molecule is FC(F)(F)c1ccc(Oc2c(Cl)cc(OCC=C(Cl)Cl)cc2Cl)c(C(F)(F)F)c1. The van der Waals surface area contributed by atoms with Crippen molar-refractivity contribution in [1.82, 2.24) is 0 Å². The van der Waals surface area contributed by atoms with Gasteiger partial charge in [0.15, 0.2) is 5.75 Å². The van der Waals surface area contributed by atoms with E-state index in [1.807, 2.05) is 0 Å². The summed E-state index contributed by atoms with van der Waals surface area (Å²) in [5.74, 6) is -1.17. The van der Waals surface area contributed by atoms with E-state index in [4.69, 9.17) is 55.9 Å². The third kappa shape index (κ3) is 6.50. The van der Waals surface area contributed by atoms with Crippen molar-refractivity contribution in [3.05, 3.63) is 62.1 Å². The minimum Gasteiger partial charge on any atom is -0.489 e. The molecule has 29 heavy (non-hydrogen) atoms. The standard InChI is InChI=1S/C17H8Cl4F6O2/c18-11-6-9(28-4-3-14(20)21)7-12(19)15(11)29-13-2-1-8(16(22,23)24)5-10(13)17(25,26)27/h1-3,5-7H,4H2. The quantitative estimate of drug-likeness (QED) is 0.384. The van der Waals surface area contributed by atoms with Crippen molar-refractivity contribution in [2.75, 3.05) is 6.61 Å². The molecule has 12 heteroatoms. The van der Waals surface area contributed by atoms with Crippen LogP contribution in [0.3, 0.4) is 0 Å². The molecule has 0 atom stereocenters. The molecule has 0 unspecified atom stereocenters. The zero-order chi connectivity index (χ0) is 22.0. The maximum atomic E-state index is 13.2. The van der Waals surface area contributed by atoms with Crippen LogP contribution in [-0.4, -0.2) is 6.61 Å². The van der Waals surface area contributed by atoms with E-state index in [-0.39, 0.29) is 33.0 Å². The van der Waals surface area contributed by atoms with Crippen molar-refractivity contribution in [2.45, 2.75) is 12.4 Å². The molecule has 0 aliphatic carbocycles. The Labute approximate surface area is 180 Å². The summed E-state index contributed by atoms with van der Waals surface area (Å²) in [6, 6.07) is 3.31. The number of rotatable bonds is 5. The van der Waals surface area contributed by atoms with E-state index in [2.05, 4.69) is 0 Å². The van der Waals surface area contributed by atoms with Gasteiger partial charge in [0.2, 0.25) is 0 Å². The molecule has 0 radical (unpaired) electrons. The van der Waals surface area contributed by atoms with Gasteiger partial charge in [-0.15, -0.1) is 0 Å². The molecule has 2 rings (SSSR count). The molecule has 0 spiro atoms. The van der Waals surface area contributed by atoms with Crippen LogP contribution >= 0.6 is 46.4 Å². The summed E-state index contributed by atoms with van der Waals surface area (Å²) in [5.41, 5.74) is -3.12. The maximum absolute atomic E-state index is 13.2. The van der Waals surface area contributed by atoms with Crippen molar-refractivity contribution in [1.29, 1.82) is 0 Å². The predicted molar refractivity (Wildman–Crippen MR) is 98.3 cm³/mol. The smallest absolute Gasteiger partial charge is 0.420 e. The van der Waals surface area contributed by atoms with Gasteiger partial charge in [-0.05, 0) is 24.3 Å². The predicted octanol–water partition coefficient (Wildman–Crippen LogP) is 8.52. The summed E-state index contributed by atoms with van der Waals surface area (Å²) < 4.78 is 88.2. The lowest BCUT2D eigenvalue weighted by atomic mass is 10.1. The van der Waals surface area contributed by atoms with Crippen LogP contribution in [0.4, 0.5) is 26.3 Å². The van der Waals surface area contributed by atoms with Crippen molar-refractivity contribution in [3.63, 3.8) is 0 Å². The summed E-state index contributed by atoms with van der Waals surface area (Å²) in [6.45, 7) is -0.0493. The molecule has 0 aliphatic rings. The fourth-order valence-corrected chi connectivity index (χ4v) is 2.72. The normalized spacial score (nSPS) is 11.9. The van der Waals surface area contributed by atoms with Crippen LogP contribution in [0, 0.1) is 0 Å². The first-order valence-corrected chi connectivity index (χ1v) is 8.89. The van der Waals surface area contributed by atoms with Crippen LogP contribution in [0.2, 0.25) is 10.0 Å². The lowest BCUT2D eigenvalue weighted by molar-refractivity contribution is -0.143. The van der Waals surface area contributed by atoms with Gasteiger partial charge < -0.3 is 9.47 Å². The van der Waals surface area contributed by atoms with E-state index in [1.54, 1.807) is 0 Å². The highest BCUT2D eigenvalue weighted by Gasteiger charge is 2.39. The lowest BCUT2D eigenvalue weighted by Gasteiger charge is -2.18. The number of hydrogen-bond acceptors (Lipinski definition) is 2. The van der Waals surface area contributed by atoms with Crippen LogP contribution in [0.25, 0.3) is 0 Å². The molecular weight excluding hydrogens is 492 g/mol. The van der Waals surface area contributed by atoms with Crippen molar-refractivity contribution in [2.24, 2.45) is 0 Å². The van der Waals surface area contributed by atoms with Crippen LogP contribution < -0.4 is 9.47 Å². The monoisotopic (exact) mass is 498 g/mol. The van der Waals surface area contributed by atoms with Crippen molar-refractivity contribution >= 4 is 46.4 Å². The molecule has 2 aromatic carbocycles. The Bertz CT molecular complexity index is 898. The first kappa shape index (κ1) is 23.8. The Hall–Kier alpha value is -1.48. The molecule has 158 valence electrons. The maximum Gasteiger partial charge on any atom is 0.420 e. The molecule has 0 N–H and O–H groups in total. The number of hydrogen-bond donors (Lipinski definition) is 0. The Kier molecular flexibility index (Phi) is 7.48. The van der Waals surface area contributed by atoms with Crippen LogP contribution in [0.1, 0.15) is 11.1 Å². The van der Waals surface area contributed by atoms with Gasteiger partial charge in [-0.25, -0.2) is 0 Å². The van der Waals surface area contributed by atoms with E-state index in [9.17, 15) is 26.3 Å². The molecule has 2 aromatic rings. The molecule has 2 nitrogen and oxygen atoms in total. The molecule has 0 bridgehead atoms. The largest absolute Gasteiger partial charge is 0.489 e. The zero-order valence-corrected chi connectivity index (χ0v) is 16.8. The summed E-state index contributed by atoms with van der Waals surface area (Å²) >= 11 is 22.8. The Morgan fingerprint density at radius 3 is 1.97 bits per heavy atom. The van der Waals surface area contributed by atoms with Crippen LogP contribution in [0.5, 0.6) is 17.2 Å². The van der Waals surface area contributed by atoms with Crippen molar-refractivity contribution < 1.29 is 35.8 Å². The zero-order valence-electron chi connectivity index (χ0n) is 13.8. The second kappa shape index (κ2) is 9.12. The summed E-state index contributed by atoms with van der Waals surface area (Å²) in [5, 5.41) is -0.469. The Balaban J connectivity index is 2.39. The highest BCUT2D eigenvalue weighted by molar-refractivity contribution is 6.55. The van der Waals surface area contributed by atoms with E-state index in [0.29, 0.717) is 12.1 Å². The fraction of sp³-hybridized carbons (Fsp3) is 0.176.